The number of carbonyl (C=O) groups excluding carboxylic acids is 2. The van der Waals surface area contributed by atoms with Crippen LogP contribution < -0.4 is 14.4 Å². The van der Waals surface area contributed by atoms with Crippen molar-refractivity contribution in [2.24, 2.45) is 0 Å². The maximum absolute atomic E-state index is 13.4. The number of amides is 2. The molecule has 2 rings (SSSR count). The number of rotatable bonds is 10. The highest BCUT2D eigenvalue weighted by atomic mass is 79.9. The quantitative estimate of drug-likeness (QED) is 0.500. The summed E-state index contributed by atoms with van der Waals surface area (Å²) in [5.41, 5.74) is 1.10. The van der Waals surface area contributed by atoms with Crippen LogP contribution in [0.4, 0.5) is 5.69 Å². The molecule has 0 radical (unpaired) electrons. The minimum absolute atomic E-state index is 0.108. The van der Waals surface area contributed by atoms with E-state index in [1.54, 1.807) is 56.5 Å². The highest BCUT2D eigenvalue weighted by Gasteiger charge is 2.30. The van der Waals surface area contributed by atoms with Crippen molar-refractivity contribution in [2.45, 2.75) is 39.4 Å². The van der Waals surface area contributed by atoms with Gasteiger partial charge in [-0.05, 0) is 56.7 Å². The third-order valence-corrected chi connectivity index (χ3v) is 6.49. The Kier molecular flexibility index (Phi) is 9.30. The first kappa shape index (κ1) is 26.7. The van der Waals surface area contributed by atoms with Crippen LogP contribution in [0.5, 0.6) is 5.75 Å². The lowest BCUT2D eigenvalue weighted by molar-refractivity contribution is -0.139. The van der Waals surface area contributed by atoms with Gasteiger partial charge in [-0.1, -0.05) is 34.1 Å². The molecular weight excluding hydrogens is 510 g/mol. The number of nitrogens with one attached hydrogen (secondary N) is 1. The second kappa shape index (κ2) is 11.5. The number of carbonyl (C=O) groups is 2. The number of hydrogen-bond donors (Lipinski definition) is 1. The first-order valence-corrected chi connectivity index (χ1v) is 13.0. The van der Waals surface area contributed by atoms with Gasteiger partial charge in [-0.2, -0.15) is 0 Å². The van der Waals surface area contributed by atoms with Crippen molar-refractivity contribution in [1.29, 1.82) is 0 Å². The Bertz CT molecular complexity index is 1090. The van der Waals surface area contributed by atoms with E-state index in [0.717, 1.165) is 16.1 Å². The van der Waals surface area contributed by atoms with Gasteiger partial charge >= 0.3 is 0 Å². The summed E-state index contributed by atoms with van der Waals surface area (Å²) in [5, 5.41) is 2.81. The Morgan fingerprint density at radius 1 is 1.09 bits per heavy atom. The number of methoxy groups -OCH3 is 1. The molecule has 0 aliphatic carbocycles. The maximum Gasteiger partial charge on any atom is 0.244 e. The third kappa shape index (κ3) is 7.75. The number of sulfonamides is 1. The standard InChI is InChI=1S/C23H30BrN3O5S/c1-16(2)25-23(29)17(3)26(14-18-8-6-11-21(12-18)32-4)22(28)15-27(33(5,30)31)20-10-7-9-19(24)13-20/h6-13,16-17H,14-15H2,1-5H3,(H,25,29)/t17-/m0/s1. The Balaban J connectivity index is 2.40. The predicted molar refractivity (Wildman–Crippen MR) is 133 cm³/mol. The van der Waals surface area contributed by atoms with Crippen molar-refractivity contribution in [2.75, 3.05) is 24.2 Å². The summed E-state index contributed by atoms with van der Waals surface area (Å²) >= 11 is 3.33. The zero-order valence-electron chi connectivity index (χ0n) is 19.4. The number of benzene rings is 2. The van der Waals surface area contributed by atoms with Crippen LogP contribution in [-0.2, 0) is 26.2 Å². The van der Waals surface area contributed by atoms with E-state index in [0.29, 0.717) is 15.9 Å². The van der Waals surface area contributed by atoms with Crippen LogP contribution in [0, 0.1) is 0 Å². The van der Waals surface area contributed by atoms with Crippen LogP contribution >= 0.6 is 15.9 Å². The number of anilines is 1. The molecular formula is C23H30BrN3O5S. The zero-order valence-corrected chi connectivity index (χ0v) is 21.8. The average Bonchev–Trinajstić information content (AvgIpc) is 2.74. The molecule has 2 amide bonds. The molecule has 33 heavy (non-hydrogen) atoms. The van der Waals surface area contributed by atoms with Crippen molar-refractivity contribution in [3.8, 4) is 5.75 Å². The van der Waals surface area contributed by atoms with Crippen molar-refractivity contribution in [3.05, 3.63) is 58.6 Å². The Labute approximate surface area is 204 Å². The number of ether oxygens (including phenoxy) is 1. The van der Waals surface area contributed by atoms with Crippen molar-refractivity contribution >= 4 is 43.5 Å². The summed E-state index contributed by atoms with van der Waals surface area (Å²) in [6.45, 7) is 4.95. The number of nitrogens with zero attached hydrogens (tertiary/aromatic N) is 2. The molecule has 0 saturated heterocycles. The highest BCUT2D eigenvalue weighted by Crippen LogP contribution is 2.23. The van der Waals surface area contributed by atoms with Crippen molar-refractivity contribution in [1.82, 2.24) is 10.2 Å². The van der Waals surface area contributed by atoms with Crippen LogP contribution in [0.1, 0.15) is 26.3 Å². The van der Waals surface area contributed by atoms with Gasteiger partial charge in [0.25, 0.3) is 0 Å². The Hall–Kier alpha value is -2.59. The lowest BCUT2D eigenvalue weighted by Gasteiger charge is -2.32. The number of hydrogen-bond acceptors (Lipinski definition) is 5. The molecule has 8 nitrogen and oxygen atoms in total. The summed E-state index contributed by atoms with van der Waals surface area (Å²) in [6.07, 6.45) is 1.04. The van der Waals surface area contributed by atoms with E-state index in [2.05, 4.69) is 21.2 Å². The first-order chi connectivity index (χ1) is 15.4. The van der Waals surface area contributed by atoms with E-state index in [1.807, 2.05) is 19.9 Å². The van der Waals surface area contributed by atoms with Crippen LogP contribution in [0.25, 0.3) is 0 Å². The van der Waals surface area contributed by atoms with Crippen LogP contribution in [0.2, 0.25) is 0 Å². The lowest BCUT2D eigenvalue weighted by atomic mass is 10.1. The summed E-state index contributed by atoms with van der Waals surface area (Å²) in [6, 6.07) is 12.9. The minimum atomic E-state index is -3.77. The van der Waals surface area contributed by atoms with Gasteiger partial charge in [-0.25, -0.2) is 8.42 Å². The molecule has 180 valence electrons. The second-order valence-electron chi connectivity index (χ2n) is 7.96. The Morgan fingerprint density at radius 3 is 2.33 bits per heavy atom. The van der Waals surface area contributed by atoms with E-state index in [1.165, 1.54) is 4.90 Å². The highest BCUT2D eigenvalue weighted by molar-refractivity contribution is 9.10. The fraction of sp³-hybridized carbons (Fsp3) is 0.391. The van der Waals surface area contributed by atoms with E-state index in [-0.39, 0.29) is 18.5 Å². The van der Waals surface area contributed by atoms with Crippen LogP contribution in [0.3, 0.4) is 0 Å². The molecule has 0 fully saturated rings. The molecule has 1 N–H and O–H groups in total. The van der Waals surface area contributed by atoms with Gasteiger partial charge in [-0.15, -0.1) is 0 Å². The van der Waals surface area contributed by atoms with Crippen molar-refractivity contribution in [3.63, 3.8) is 0 Å². The van der Waals surface area contributed by atoms with Gasteiger partial charge in [0, 0.05) is 17.1 Å². The molecule has 0 spiro atoms. The molecule has 1 atom stereocenters. The smallest absolute Gasteiger partial charge is 0.244 e. The second-order valence-corrected chi connectivity index (χ2v) is 10.8. The van der Waals surface area contributed by atoms with Gasteiger partial charge in [0.05, 0.1) is 19.1 Å². The van der Waals surface area contributed by atoms with Crippen molar-refractivity contribution < 1.29 is 22.7 Å². The molecule has 0 bridgehead atoms. The molecule has 0 saturated carbocycles. The minimum Gasteiger partial charge on any atom is -0.497 e. The molecule has 0 aromatic heterocycles. The normalized spacial score (nSPS) is 12.2. The fourth-order valence-corrected chi connectivity index (χ4v) is 4.43. The van der Waals surface area contributed by atoms with E-state index in [4.69, 9.17) is 4.74 Å². The maximum atomic E-state index is 13.4. The van der Waals surface area contributed by atoms with E-state index < -0.39 is 28.5 Å². The Morgan fingerprint density at radius 2 is 1.76 bits per heavy atom. The van der Waals surface area contributed by atoms with Gasteiger partial charge in [-0.3, -0.25) is 13.9 Å². The summed E-state index contributed by atoms with van der Waals surface area (Å²) in [5.74, 6) is -0.213. The molecule has 0 aliphatic rings. The summed E-state index contributed by atoms with van der Waals surface area (Å²) in [7, 11) is -2.22. The fourth-order valence-electron chi connectivity index (χ4n) is 3.20. The largest absolute Gasteiger partial charge is 0.497 e. The topological polar surface area (TPSA) is 96.0 Å². The van der Waals surface area contributed by atoms with Gasteiger partial charge in [0.15, 0.2) is 0 Å². The van der Waals surface area contributed by atoms with Crippen LogP contribution in [0.15, 0.2) is 53.0 Å². The molecule has 0 heterocycles. The van der Waals surface area contributed by atoms with Gasteiger partial charge < -0.3 is 15.0 Å². The summed E-state index contributed by atoms with van der Waals surface area (Å²) in [4.78, 5) is 27.6. The predicted octanol–water partition coefficient (Wildman–Crippen LogP) is 3.17. The molecule has 2 aromatic carbocycles. The third-order valence-electron chi connectivity index (χ3n) is 4.86. The van der Waals surface area contributed by atoms with Crippen LogP contribution in [-0.4, -0.2) is 57.1 Å². The van der Waals surface area contributed by atoms with Gasteiger partial charge in [0.1, 0.15) is 18.3 Å². The zero-order chi connectivity index (χ0) is 24.8. The van der Waals surface area contributed by atoms with Gasteiger partial charge in [0.2, 0.25) is 21.8 Å². The molecule has 0 unspecified atom stereocenters. The lowest BCUT2D eigenvalue weighted by Crippen LogP contribution is -2.52. The SMILES string of the molecule is COc1cccc(CN(C(=O)CN(c2cccc(Br)c2)S(C)(=O)=O)[C@@H](C)C(=O)NC(C)C)c1. The monoisotopic (exact) mass is 539 g/mol. The van der Waals surface area contributed by atoms with E-state index in [9.17, 15) is 18.0 Å². The molecule has 10 heteroatoms. The van der Waals surface area contributed by atoms with E-state index >= 15 is 0 Å². The average molecular weight is 540 g/mol. The molecule has 0 aliphatic heterocycles. The first-order valence-electron chi connectivity index (χ1n) is 10.4. The molecule has 2 aromatic rings. The summed E-state index contributed by atoms with van der Waals surface area (Å²) < 4.78 is 32.0. The number of halogens is 1.